The molecule has 134 valence electrons. The zero-order chi connectivity index (χ0) is 17.5. The van der Waals surface area contributed by atoms with E-state index in [9.17, 15) is 5.11 Å². The Balaban J connectivity index is 1.58. The lowest BCUT2D eigenvalue weighted by molar-refractivity contribution is -0.900. The second-order valence-electron chi connectivity index (χ2n) is 7.52. The lowest BCUT2D eigenvalue weighted by Crippen LogP contribution is -2.47. The fraction of sp³-hybridized carbons (Fsp3) is 0.455. The van der Waals surface area contributed by atoms with Crippen molar-refractivity contribution in [1.82, 2.24) is 0 Å². The van der Waals surface area contributed by atoms with Gasteiger partial charge in [0.05, 0.1) is 33.4 Å². The molecule has 0 amide bonds. The maximum Gasteiger partial charge on any atom is 0.126 e. The number of likely N-dealkylation sites (N-methyl/N-ethyl adjacent to an activating group) is 1. The summed E-state index contributed by atoms with van der Waals surface area (Å²) >= 11 is 0. The number of aliphatic hydroxyl groups excluding tert-OH is 1. The van der Waals surface area contributed by atoms with E-state index in [1.54, 1.807) is 0 Å². The van der Waals surface area contributed by atoms with Crippen LogP contribution in [-0.4, -0.2) is 55.6 Å². The summed E-state index contributed by atoms with van der Waals surface area (Å²) in [4.78, 5) is 0. The molecule has 0 saturated carbocycles. The maximum atomic E-state index is 10.4. The number of aliphatic hydroxyl groups is 1. The Labute approximate surface area is 151 Å². The third-order valence-electron chi connectivity index (χ3n) is 5.30. The zero-order valence-electron chi connectivity index (χ0n) is 15.2. The number of rotatable bonds is 8. The maximum absolute atomic E-state index is 10.4. The van der Waals surface area contributed by atoms with Crippen LogP contribution in [0.2, 0.25) is 0 Å². The van der Waals surface area contributed by atoms with Crippen LogP contribution in [-0.2, 0) is 4.74 Å². The molecule has 0 spiro atoms. The first-order chi connectivity index (χ1) is 12.2. The number of benzene rings is 2. The number of quaternary nitrogens is 1. The molecular weight excluding hydrogens is 310 g/mol. The number of hydrogen-bond donors (Lipinski definition) is 1. The number of nitrogens with zero attached hydrogens (tertiary/aromatic N) is 1. The van der Waals surface area contributed by atoms with E-state index >= 15 is 0 Å². The first-order valence-electron chi connectivity index (χ1n) is 9.35. The van der Waals surface area contributed by atoms with Gasteiger partial charge in [-0.05, 0) is 11.1 Å². The Morgan fingerprint density at radius 1 is 0.880 bits per heavy atom. The van der Waals surface area contributed by atoms with E-state index in [4.69, 9.17) is 4.74 Å². The molecule has 1 aliphatic rings. The average molecular weight is 340 g/mol. The Morgan fingerprint density at radius 2 is 1.40 bits per heavy atom. The summed E-state index contributed by atoms with van der Waals surface area (Å²) in [5.74, 6) is 0.200. The van der Waals surface area contributed by atoms with Gasteiger partial charge in [0.1, 0.15) is 12.6 Å². The van der Waals surface area contributed by atoms with E-state index in [1.807, 2.05) is 12.1 Å². The highest BCUT2D eigenvalue weighted by Gasteiger charge is 2.29. The molecular formula is C22H30NO2+. The SMILES string of the molecule is C[N+]1(C[C@H](O)COCC(c2ccccc2)c2ccccc2)CCCC1. The van der Waals surface area contributed by atoms with Crippen LogP contribution in [0, 0.1) is 0 Å². The molecule has 1 heterocycles. The van der Waals surface area contributed by atoms with Crippen LogP contribution in [0.1, 0.15) is 29.9 Å². The molecule has 1 N–H and O–H groups in total. The molecule has 1 saturated heterocycles. The van der Waals surface area contributed by atoms with Crippen LogP contribution in [0.5, 0.6) is 0 Å². The highest BCUT2D eigenvalue weighted by Crippen LogP contribution is 2.25. The fourth-order valence-corrected chi connectivity index (χ4v) is 3.92. The zero-order valence-corrected chi connectivity index (χ0v) is 15.2. The predicted octanol–water partition coefficient (Wildman–Crippen LogP) is 3.44. The average Bonchev–Trinajstić information content (AvgIpc) is 3.06. The smallest absolute Gasteiger partial charge is 0.126 e. The van der Waals surface area contributed by atoms with Crippen molar-refractivity contribution in [2.24, 2.45) is 0 Å². The standard InChI is InChI=1S/C22H30NO2/c1-23(14-8-9-15-23)16-21(24)17-25-18-22(19-10-4-2-5-11-19)20-12-6-3-7-13-20/h2-7,10-13,21-22,24H,8-9,14-18H2,1H3/q+1/t21-/m0/s1. The topological polar surface area (TPSA) is 29.5 Å². The van der Waals surface area contributed by atoms with Gasteiger partial charge >= 0.3 is 0 Å². The molecule has 1 fully saturated rings. The van der Waals surface area contributed by atoms with Gasteiger partial charge in [0, 0.05) is 18.8 Å². The van der Waals surface area contributed by atoms with E-state index in [-0.39, 0.29) is 5.92 Å². The Bertz CT molecular complexity index is 583. The van der Waals surface area contributed by atoms with Crippen molar-refractivity contribution < 1.29 is 14.3 Å². The number of ether oxygens (including phenoxy) is 1. The summed E-state index contributed by atoms with van der Waals surface area (Å²) in [6.45, 7) is 4.14. The minimum atomic E-state index is -0.393. The van der Waals surface area contributed by atoms with Crippen LogP contribution >= 0.6 is 0 Å². The van der Waals surface area contributed by atoms with Crippen LogP contribution in [0.3, 0.4) is 0 Å². The summed E-state index contributed by atoms with van der Waals surface area (Å²) < 4.78 is 6.94. The summed E-state index contributed by atoms with van der Waals surface area (Å²) in [6, 6.07) is 20.9. The van der Waals surface area contributed by atoms with Gasteiger partial charge in [-0.3, -0.25) is 0 Å². The van der Waals surface area contributed by atoms with Gasteiger partial charge in [-0.15, -0.1) is 0 Å². The van der Waals surface area contributed by atoms with Crippen LogP contribution in [0.25, 0.3) is 0 Å². The van der Waals surface area contributed by atoms with Gasteiger partial charge in [-0.2, -0.15) is 0 Å². The number of hydrogen-bond acceptors (Lipinski definition) is 2. The number of likely N-dealkylation sites (tertiary alicyclic amines) is 1. The van der Waals surface area contributed by atoms with Crippen molar-refractivity contribution in [1.29, 1.82) is 0 Å². The van der Waals surface area contributed by atoms with E-state index in [2.05, 4.69) is 55.6 Å². The van der Waals surface area contributed by atoms with Crippen molar-refractivity contribution in [3.05, 3.63) is 71.8 Å². The fourth-order valence-electron chi connectivity index (χ4n) is 3.92. The molecule has 25 heavy (non-hydrogen) atoms. The monoisotopic (exact) mass is 340 g/mol. The molecule has 3 nitrogen and oxygen atoms in total. The normalized spacial score (nSPS) is 17.7. The highest BCUT2D eigenvalue weighted by molar-refractivity contribution is 5.32. The first-order valence-corrected chi connectivity index (χ1v) is 9.35. The Morgan fingerprint density at radius 3 is 1.92 bits per heavy atom. The largest absolute Gasteiger partial charge is 0.385 e. The van der Waals surface area contributed by atoms with E-state index in [0.717, 1.165) is 11.0 Å². The molecule has 3 heteroatoms. The van der Waals surface area contributed by atoms with Gasteiger partial charge in [0.2, 0.25) is 0 Å². The Kier molecular flexibility index (Phi) is 6.24. The minimum Gasteiger partial charge on any atom is -0.385 e. The van der Waals surface area contributed by atoms with E-state index in [1.165, 1.54) is 37.1 Å². The molecule has 2 aromatic rings. The van der Waals surface area contributed by atoms with Crippen LogP contribution < -0.4 is 0 Å². The van der Waals surface area contributed by atoms with Crippen molar-refractivity contribution >= 4 is 0 Å². The van der Waals surface area contributed by atoms with Crippen LogP contribution in [0.15, 0.2) is 60.7 Å². The molecule has 2 aromatic carbocycles. The summed E-state index contributed by atoms with van der Waals surface area (Å²) in [7, 11) is 2.24. The van der Waals surface area contributed by atoms with Crippen molar-refractivity contribution in [2.45, 2.75) is 24.9 Å². The van der Waals surface area contributed by atoms with E-state index < -0.39 is 6.10 Å². The van der Waals surface area contributed by atoms with Gasteiger partial charge in [0.15, 0.2) is 0 Å². The van der Waals surface area contributed by atoms with Gasteiger partial charge < -0.3 is 14.3 Å². The summed E-state index contributed by atoms with van der Waals surface area (Å²) in [5.41, 5.74) is 2.50. The van der Waals surface area contributed by atoms with E-state index in [0.29, 0.717) is 13.2 Å². The van der Waals surface area contributed by atoms with Crippen molar-refractivity contribution in [3.63, 3.8) is 0 Å². The molecule has 3 rings (SSSR count). The minimum absolute atomic E-state index is 0.200. The first kappa shape index (κ1) is 18.1. The second kappa shape index (κ2) is 8.61. The molecule has 0 unspecified atom stereocenters. The third kappa shape index (κ3) is 5.15. The molecule has 1 aliphatic heterocycles. The highest BCUT2D eigenvalue weighted by atomic mass is 16.5. The third-order valence-corrected chi connectivity index (χ3v) is 5.30. The van der Waals surface area contributed by atoms with Crippen molar-refractivity contribution in [3.8, 4) is 0 Å². The lowest BCUT2D eigenvalue weighted by atomic mass is 9.92. The predicted molar refractivity (Wildman–Crippen MR) is 102 cm³/mol. The molecule has 0 aromatic heterocycles. The second-order valence-corrected chi connectivity index (χ2v) is 7.52. The lowest BCUT2D eigenvalue weighted by Gasteiger charge is -2.31. The van der Waals surface area contributed by atoms with Gasteiger partial charge in [0.25, 0.3) is 0 Å². The van der Waals surface area contributed by atoms with Crippen molar-refractivity contribution in [2.75, 3.05) is 39.9 Å². The molecule has 0 radical (unpaired) electrons. The molecule has 0 aliphatic carbocycles. The summed E-state index contributed by atoms with van der Waals surface area (Å²) in [5, 5.41) is 10.4. The molecule has 0 bridgehead atoms. The van der Waals surface area contributed by atoms with Gasteiger partial charge in [-0.1, -0.05) is 60.7 Å². The summed E-state index contributed by atoms with van der Waals surface area (Å²) in [6.07, 6.45) is 2.15. The molecule has 1 atom stereocenters. The quantitative estimate of drug-likeness (QED) is 0.746. The Hall–Kier alpha value is -1.68. The van der Waals surface area contributed by atoms with Gasteiger partial charge in [-0.25, -0.2) is 0 Å². The van der Waals surface area contributed by atoms with Crippen LogP contribution in [0.4, 0.5) is 0 Å².